The van der Waals surface area contributed by atoms with Crippen LogP contribution in [0.5, 0.6) is 5.75 Å². The third kappa shape index (κ3) is 3.32. The van der Waals surface area contributed by atoms with Crippen LogP contribution in [0.1, 0.15) is 39.8 Å². The van der Waals surface area contributed by atoms with Gasteiger partial charge >= 0.3 is 0 Å². The number of ether oxygens (including phenoxy) is 1. The highest BCUT2D eigenvalue weighted by Gasteiger charge is 2.42. The van der Waals surface area contributed by atoms with E-state index in [1.165, 1.54) is 15.7 Å². The van der Waals surface area contributed by atoms with E-state index >= 15 is 0 Å². The maximum atomic E-state index is 13.7. The van der Waals surface area contributed by atoms with Crippen LogP contribution in [0.3, 0.4) is 0 Å². The number of Topliss-reactive ketones (excluding diaryl/α,β-unsaturated/α-hetero) is 1. The summed E-state index contributed by atoms with van der Waals surface area (Å²) in [6, 6.07) is 2.76. The van der Waals surface area contributed by atoms with Crippen molar-refractivity contribution < 1.29 is 33.0 Å². The number of fused-ring (bicyclic) bond motifs is 2. The second kappa shape index (κ2) is 7.52. The zero-order valence-corrected chi connectivity index (χ0v) is 16.0. The Morgan fingerprint density at radius 2 is 2.10 bits per heavy atom. The average Bonchev–Trinajstić information content (AvgIpc) is 3.03. The first-order valence-electron chi connectivity index (χ1n) is 9.40. The quantitative estimate of drug-likeness (QED) is 0.579. The Morgan fingerprint density at radius 1 is 1.33 bits per heavy atom. The highest BCUT2D eigenvalue weighted by Crippen LogP contribution is 2.34. The second-order valence-corrected chi connectivity index (χ2v) is 7.32. The Bertz CT molecular complexity index is 1050. The van der Waals surface area contributed by atoms with Crippen molar-refractivity contribution in [3.05, 3.63) is 52.9 Å². The summed E-state index contributed by atoms with van der Waals surface area (Å²) in [6.45, 7) is 2.24. The molecule has 30 heavy (non-hydrogen) atoms. The van der Waals surface area contributed by atoms with Crippen molar-refractivity contribution in [2.45, 2.75) is 38.7 Å². The summed E-state index contributed by atoms with van der Waals surface area (Å²) in [5.74, 6) is -4.85. The highest BCUT2D eigenvalue weighted by atomic mass is 19.1. The maximum Gasteiger partial charge on any atom is 0.292 e. The fourth-order valence-corrected chi connectivity index (χ4v) is 3.76. The lowest BCUT2D eigenvalue weighted by Gasteiger charge is -2.43. The van der Waals surface area contributed by atoms with E-state index in [0.29, 0.717) is 19.1 Å². The van der Waals surface area contributed by atoms with E-state index in [9.17, 15) is 28.3 Å². The Balaban J connectivity index is 1.53. The van der Waals surface area contributed by atoms with E-state index in [4.69, 9.17) is 4.74 Å². The lowest BCUT2D eigenvalue weighted by atomic mass is 10.1. The maximum absolute atomic E-state index is 13.7. The minimum absolute atomic E-state index is 0.00358. The average molecular weight is 419 g/mol. The van der Waals surface area contributed by atoms with E-state index in [2.05, 4.69) is 5.32 Å². The monoisotopic (exact) mass is 419 g/mol. The van der Waals surface area contributed by atoms with Gasteiger partial charge in [-0.3, -0.25) is 14.4 Å². The number of carbonyl (C=O) groups excluding carboxylic acids is 3. The molecule has 2 aromatic rings. The molecule has 2 amide bonds. The molecule has 0 spiro atoms. The van der Waals surface area contributed by atoms with Crippen LogP contribution in [0.4, 0.5) is 8.78 Å². The molecule has 3 heterocycles. The molecule has 10 heteroatoms. The van der Waals surface area contributed by atoms with Gasteiger partial charge in [0.2, 0.25) is 0 Å². The van der Waals surface area contributed by atoms with Gasteiger partial charge in [0.25, 0.3) is 17.6 Å². The minimum Gasteiger partial charge on any atom is -0.505 e. The molecule has 2 aliphatic rings. The molecular weight excluding hydrogens is 400 g/mol. The summed E-state index contributed by atoms with van der Waals surface area (Å²) < 4.78 is 33.7. The first-order valence-corrected chi connectivity index (χ1v) is 9.40. The van der Waals surface area contributed by atoms with Crippen molar-refractivity contribution in [2.24, 2.45) is 0 Å². The molecule has 2 atom stereocenters. The van der Waals surface area contributed by atoms with Crippen LogP contribution in [0, 0.1) is 11.6 Å². The molecule has 2 N–H and O–H groups in total. The number of nitrogens with zero attached hydrogens (tertiary/aromatic N) is 2. The van der Waals surface area contributed by atoms with Crippen LogP contribution in [0.25, 0.3) is 0 Å². The van der Waals surface area contributed by atoms with Gasteiger partial charge in [-0.1, -0.05) is 6.07 Å². The summed E-state index contributed by atoms with van der Waals surface area (Å²) in [6.07, 6.45) is 1.37. The Labute approximate surface area is 170 Å². The van der Waals surface area contributed by atoms with Gasteiger partial charge in [0.05, 0.1) is 18.7 Å². The van der Waals surface area contributed by atoms with E-state index in [1.54, 1.807) is 0 Å². The fraction of sp³-hybridized carbons (Fsp3) is 0.350. The molecule has 1 aromatic carbocycles. The van der Waals surface area contributed by atoms with Crippen molar-refractivity contribution in [1.29, 1.82) is 0 Å². The van der Waals surface area contributed by atoms with Crippen LogP contribution in [0.2, 0.25) is 0 Å². The van der Waals surface area contributed by atoms with Crippen LogP contribution >= 0.6 is 0 Å². The molecule has 0 aliphatic carbocycles. The molecular formula is C20H19F2N3O5. The Hall–Kier alpha value is -3.27. The van der Waals surface area contributed by atoms with Crippen molar-refractivity contribution in [2.75, 3.05) is 6.61 Å². The summed E-state index contributed by atoms with van der Waals surface area (Å²) in [5, 5.41) is 12.7. The smallest absolute Gasteiger partial charge is 0.292 e. The van der Waals surface area contributed by atoms with Gasteiger partial charge in [0.15, 0.2) is 17.7 Å². The van der Waals surface area contributed by atoms with Crippen LogP contribution in [-0.2, 0) is 22.6 Å². The van der Waals surface area contributed by atoms with Crippen molar-refractivity contribution in [3.8, 4) is 5.75 Å². The largest absolute Gasteiger partial charge is 0.505 e. The van der Waals surface area contributed by atoms with Crippen molar-refractivity contribution in [1.82, 2.24) is 14.8 Å². The third-order valence-electron chi connectivity index (χ3n) is 5.38. The fourth-order valence-electron chi connectivity index (χ4n) is 3.76. The number of rotatable bonds is 4. The van der Waals surface area contributed by atoms with Gasteiger partial charge in [-0.05, 0) is 19.4 Å². The number of aromatic nitrogens is 1. The van der Waals surface area contributed by atoms with Gasteiger partial charge in [0.1, 0.15) is 11.6 Å². The number of ketones is 1. The van der Waals surface area contributed by atoms with E-state index in [0.717, 1.165) is 12.1 Å². The zero-order chi connectivity index (χ0) is 21.6. The second-order valence-electron chi connectivity index (χ2n) is 7.32. The number of carbonyl (C=O) groups is 3. The number of halogens is 2. The number of hydrogen-bond acceptors (Lipinski definition) is 5. The number of hydrogen-bond donors (Lipinski definition) is 2. The number of amides is 2. The van der Waals surface area contributed by atoms with Crippen molar-refractivity contribution >= 4 is 17.6 Å². The first-order chi connectivity index (χ1) is 14.3. The predicted octanol–water partition coefficient (Wildman–Crippen LogP) is 1.56. The van der Waals surface area contributed by atoms with E-state index < -0.39 is 41.2 Å². The number of nitrogens with one attached hydrogen (secondary N) is 1. The molecule has 0 bridgehead atoms. The summed E-state index contributed by atoms with van der Waals surface area (Å²) in [5.41, 5.74) is -0.414. The first kappa shape index (κ1) is 20.0. The topological polar surface area (TPSA) is 101 Å². The molecule has 4 rings (SSSR count). The molecule has 0 saturated carbocycles. The molecule has 8 nitrogen and oxygen atoms in total. The van der Waals surface area contributed by atoms with Crippen LogP contribution in [-0.4, -0.2) is 51.0 Å². The molecule has 158 valence electrons. The minimum atomic E-state index is -1.09. The molecule has 1 unspecified atom stereocenters. The van der Waals surface area contributed by atoms with E-state index in [-0.39, 0.29) is 36.0 Å². The van der Waals surface area contributed by atoms with Gasteiger partial charge in [-0.15, -0.1) is 0 Å². The van der Waals surface area contributed by atoms with Gasteiger partial charge < -0.3 is 24.6 Å². The molecule has 1 fully saturated rings. The normalized spacial score (nSPS) is 20.5. The van der Waals surface area contributed by atoms with Gasteiger partial charge in [-0.2, -0.15) is 0 Å². The van der Waals surface area contributed by atoms with Crippen LogP contribution in [0.15, 0.2) is 24.4 Å². The third-order valence-corrected chi connectivity index (χ3v) is 5.38. The number of benzene rings is 1. The zero-order valence-electron chi connectivity index (χ0n) is 16.0. The highest BCUT2D eigenvalue weighted by molar-refractivity contribution is 6.43. The molecule has 0 radical (unpaired) electrons. The SMILES string of the molecule is C[C@@H]1CCOC2Cn3cc(C(=O)C(=O)NCc4ccc(F)cc4F)c(O)c3C(=O)N21. The molecule has 1 aromatic heterocycles. The predicted molar refractivity (Wildman–Crippen MR) is 98.6 cm³/mol. The van der Waals surface area contributed by atoms with Gasteiger partial charge in [0, 0.05) is 30.4 Å². The van der Waals surface area contributed by atoms with Crippen LogP contribution < -0.4 is 5.32 Å². The van der Waals surface area contributed by atoms with E-state index in [1.807, 2.05) is 6.92 Å². The summed E-state index contributed by atoms with van der Waals surface area (Å²) in [4.78, 5) is 39.1. The standard InChI is InChI=1S/C20H19F2N3O5/c1-10-4-5-30-15-9-24-8-13(17(26)16(24)20(29)25(10)15)18(27)19(28)23-7-11-2-3-12(21)6-14(11)22/h2-3,6,8,10,15,26H,4-5,7,9H2,1H3,(H,23,28)/t10-,15?/m1/s1. The summed E-state index contributed by atoms with van der Waals surface area (Å²) >= 11 is 0. The Kier molecular flexibility index (Phi) is 5.02. The molecule has 2 aliphatic heterocycles. The van der Waals surface area contributed by atoms with Crippen molar-refractivity contribution in [3.63, 3.8) is 0 Å². The van der Waals surface area contributed by atoms with Gasteiger partial charge in [-0.25, -0.2) is 8.78 Å². The Morgan fingerprint density at radius 3 is 2.83 bits per heavy atom. The molecule has 1 saturated heterocycles. The lowest BCUT2D eigenvalue weighted by molar-refractivity contribution is -0.117. The number of aromatic hydroxyl groups is 1. The summed E-state index contributed by atoms with van der Waals surface area (Å²) in [7, 11) is 0. The lowest BCUT2D eigenvalue weighted by Crippen LogP contribution is -2.56.